The maximum absolute atomic E-state index is 10.5. The summed E-state index contributed by atoms with van der Waals surface area (Å²) >= 11 is 0. The number of hydrogen-bond acceptors (Lipinski definition) is 3. The molecule has 19 heavy (non-hydrogen) atoms. The highest BCUT2D eigenvalue weighted by Crippen LogP contribution is 2.11. The number of nitrogens with one attached hydrogen (secondary N) is 1. The van der Waals surface area contributed by atoms with E-state index in [2.05, 4.69) is 12.2 Å². The molecule has 106 valence electrons. The van der Waals surface area contributed by atoms with Crippen LogP contribution < -0.4 is 5.32 Å². The Hall–Kier alpha value is -1.42. The van der Waals surface area contributed by atoms with Crippen LogP contribution in [0, 0.1) is 10.1 Å². The molecule has 0 atom stereocenters. The number of nitrogens with zero attached hydrogens (tertiary/aromatic N) is 1. The van der Waals surface area contributed by atoms with Gasteiger partial charge in [-0.15, -0.1) is 0 Å². The highest BCUT2D eigenvalue weighted by atomic mass is 16.6. The maximum atomic E-state index is 10.5. The molecule has 0 aromatic heterocycles. The summed E-state index contributed by atoms with van der Waals surface area (Å²) in [6, 6.07) is 6.74. The van der Waals surface area contributed by atoms with E-state index in [1.807, 2.05) is 12.1 Å². The summed E-state index contributed by atoms with van der Waals surface area (Å²) < 4.78 is 0. The zero-order chi connectivity index (χ0) is 13.9. The lowest BCUT2D eigenvalue weighted by Gasteiger charge is -2.05. The first-order chi connectivity index (χ1) is 9.24. The largest absolute Gasteiger partial charge is 0.313 e. The Morgan fingerprint density at radius 2 is 1.68 bits per heavy atom. The summed E-state index contributed by atoms with van der Waals surface area (Å²) in [5, 5.41) is 13.9. The topological polar surface area (TPSA) is 55.2 Å². The number of hydrogen-bond donors (Lipinski definition) is 1. The highest BCUT2D eigenvalue weighted by Gasteiger charge is 2.03. The Morgan fingerprint density at radius 3 is 2.32 bits per heavy atom. The van der Waals surface area contributed by atoms with Gasteiger partial charge in [0.2, 0.25) is 0 Å². The predicted octanol–water partition coefficient (Wildman–Crippen LogP) is 4.04. The molecule has 0 aliphatic heterocycles. The van der Waals surface area contributed by atoms with Crippen LogP contribution in [0.5, 0.6) is 0 Å². The number of benzene rings is 1. The summed E-state index contributed by atoms with van der Waals surface area (Å²) in [7, 11) is 0. The van der Waals surface area contributed by atoms with Crippen LogP contribution >= 0.6 is 0 Å². The monoisotopic (exact) mass is 264 g/mol. The van der Waals surface area contributed by atoms with Crippen molar-refractivity contribution in [2.45, 2.75) is 52.0 Å². The smallest absolute Gasteiger partial charge is 0.269 e. The summed E-state index contributed by atoms with van der Waals surface area (Å²) in [6.45, 7) is 4.03. The van der Waals surface area contributed by atoms with Crippen molar-refractivity contribution in [1.82, 2.24) is 5.32 Å². The minimum Gasteiger partial charge on any atom is -0.313 e. The Morgan fingerprint density at radius 1 is 1.05 bits per heavy atom. The van der Waals surface area contributed by atoms with E-state index < -0.39 is 0 Å². The number of nitro benzene ring substituents is 1. The number of non-ortho nitro benzene ring substituents is 1. The average Bonchev–Trinajstić information content (AvgIpc) is 2.42. The van der Waals surface area contributed by atoms with E-state index in [1.165, 1.54) is 38.5 Å². The summed E-state index contributed by atoms with van der Waals surface area (Å²) in [5.41, 5.74) is 1.25. The second-order valence-electron chi connectivity index (χ2n) is 4.87. The van der Waals surface area contributed by atoms with E-state index in [0.717, 1.165) is 18.7 Å². The van der Waals surface area contributed by atoms with Gasteiger partial charge in [-0.3, -0.25) is 10.1 Å². The zero-order valence-electron chi connectivity index (χ0n) is 11.7. The molecule has 4 heteroatoms. The first-order valence-corrected chi connectivity index (χ1v) is 7.18. The lowest BCUT2D eigenvalue weighted by Crippen LogP contribution is -2.14. The fourth-order valence-corrected chi connectivity index (χ4v) is 2.00. The Labute approximate surface area is 115 Å². The minimum atomic E-state index is -0.368. The van der Waals surface area contributed by atoms with Crippen molar-refractivity contribution in [2.24, 2.45) is 0 Å². The molecule has 0 saturated heterocycles. The second-order valence-corrected chi connectivity index (χ2v) is 4.87. The van der Waals surface area contributed by atoms with E-state index >= 15 is 0 Å². The molecule has 0 spiro atoms. The van der Waals surface area contributed by atoms with Crippen LogP contribution in [0.25, 0.3) is 0 Å². The minimum absolute atomic E-state index is 0.152. The molecular weight excluding hydrogens is 240 g/mol. The third-order valence-corrected chi connectivity index (χ3v) is 3.18. The molecule has 0 fully saturated rings. The van der Waals surface area contributed by atoms with Crippen molar-refractivity contribution in [1.29, 1.82) is 0 Å². The van der Waals surface area contributed by atoms with Gasteiger partial charge in [-0.1, -0.05) is 51.2 Å². The Bertz CT molecular complexity index is 363. The van der Waals surface area contributed by atoms with Gasteiger partial charge in [0.25, 0.3) is 5.69 Å². The van der Waals surface area contributed by atoms with Gasteiger partial charge >= 0.3 is 0 Å². The molecule has 1 rings (SSSR count). The van der Waals surface area contributed by atoms with Gasteiger partial charge in [-0.05, 0) is 18.5 Å². The maximum Gasteiger partial charge on any atom is 0.269 e. The molecule has 4 nitrogen and oxygen atoms in total. The zero-order valence-corrected chi connectivity index (χ0v) is 11.7. The molecule has 0 aliphatic rings. The first kappa shape index (κ1) is 15.6. The van der Waals surface area contributed by atoms with Gasteiger partial charge < -0.3 is 5.32 Å². The van der Waals surface area contributed by atoms with Crippen LogP contribution in [-0.4, -0.2) is 11.5 Å². The highest BCUT2D eigenvalue weighted by molar-refractivity contribution is 5.32. The van der Waals surface area contributed by atoms with E-state index in [1.54, 1.807) is 12.1 Å². The Kier molecular flexibility index (Phi) is 7.82. The van der Waals surface area contributed by atoms with Gasteiger partial charge in [0.05, 0.1) is 4.92 Å². The third kappa shape index (κ3) is 6.91. The van der Waals surface area contributed by atoms with Crippen LogP contribution in [0.3, 0.4) is 0 Å². The van der Waals surface area contributed by atoms with Crippen LogP contribution in [0.4, 0.5) is 5.69 Å². The molecule has 0 heterocycles. The van der Waals surface area contributed by atoms with E-state index in [-0.39, 0.29) is 10.6 Å². The Balaban J connectivity index is 2.07. The lowest BCUT2D eigenvalue weighted by molar-refractivity contribution is -0.384. The second kappa shape index (κ2) is 9.50. The quantitative estimate of drug-likeness (QED) is 0.394. The van der Waals surface area contributed by atoms with Crippen LogP contribution in [0.1, 0.15) is 51.0 Å². The molecule has 0 amide bonds. The van der Waals surface area contributed by atoms with Gasteiger partial charge in [0, 0.05) is 18.7 Å². The molecule has 0 saturated carbocycles. The average molecular weight is 264 g/mol. The van der Waals surface area contributed by atoms with E-state index in [4.69, 9.17) is 0 Å². The van der Waals surface area contributed by atoms with Crippen LogP contribution in [-0.2, 0) is 6.54 Å². The molecular formula is C15H24N2O2. The molecule has 0 radical (unpaired) electrons. The SMILES string of the molecule is CCCCCCCCNCc1ccc([N+](=O)[O-])cc1. The fraction of sp³-hybridized carbons (Fsp3) is 0.600. The lowest BCUT2D eigenvalue weighted by atomic mass is 10.1. The molecule has 1 aromatic carbocycles. The van der Waals surface area contributed by atoms with Crippen molar-refractivity contribution in [2.75, 3.05) is 6.54 Å². The number of nitro groups is 1. The number of rotatable bonds is 10. The summed E-state index contributed by atoms with van der Waals surface area (Å²) in [4.78, 5) is 10.1. The van der Waals surface area contributed by atoms with Gasteiger partial charge in [-0.25, -0.2) is 0 Å². The van der Waals surface area contributed by atoms with Crippen molar-refractivity contribution in [3.63, 3.8) is 0 Å². The van der Waals surface area contributed by atoms with Crippen LogP contribution in [0.15, 0.2) is 24.3 Å². The first-order valence-electron chi connectivity index (χ1n) is 7.18. The van der Waals surface area contributed by atoms with Gasteiger partial charge in [0.15, 0.2) is 0 Å². The third-order valence-electron chi connectivity index (χ3n) is 3.18. The number of unbranched alkanes of at least 4 members (excludes halogenated alkanes) is 5. The fourth-order valence-electron chi connectivity index (χ4n) is 2.00. The van der Waals surface area contributed by atoms with Gasteiger partial charge in [-0.2, -0.15) is 0 Å². The van der Waals surface area contributed by atoms with Crippen molar-refractivity contribution in [3.8, 4) is 0 Å². The molecule has 0 bridgehead atoms. The van der Waals surface area contributed by atoms with Crippen molar-refractivity contribution >= 4 is 5.69 Å². The predicted molar refractivity (Wildman–Crippen MR) is 78.2 cm³/mol. The summed E-state index contributed by atoms with van der Waals surface area (Å²) in [5.74, 6) is 0. The molecule has 0 aliphatic carbocycles. The molecule has 1 N–H and O–H groups in total. The van der Waals surface area contributed by atoms with Crippen LogP contribution in [0.2, 0.25) is 0 Å². The molecule has 1 aromatic rings. The van der Waals surface area contributed by atoms with E-state index in [0.29, 0.717) is 0 Å². The van der Waals surface area contributed by atoms with Crippen molar-refractivity contribution < 1.29 is 4.92 Å². The van der Waals surface area contributed by atoms with Gasteiger partial charge in [0.1, 0.15) is 0 Å². The normalized spacial score (nSPS) is 10.6. The van der Waals surface area contributed by atoms with Crippen molar-refractivity contribution in [3.05, 3.63) is 39.9 Å². The van der Waals surface area contributed by atoms with E-state index in [9.17, 15) is 10.1 Å². The summed E-state index contributed by atoms with van der Waals surface area (Å²) in [6.07, 6.45) is 7.80. The molecule has 0 unspecified atom stereocenters. The standard InChI is InChI=1S/C15H24N2O2/c1-2-3-4-5-6-7-12-16-13-14-8-10-15(11-9-14)17(18)19/h8-11,16H,2-7,12-13H2,1H3.